The Kier molecular flexibility index (Phi) is 6.63. The second-order valence-electron chi connectivity index (χ2n) is 9.95. The van der Waals surface area contributed by atoms with Crippen molar-refractivity contribution in [2.45, 2.75) is 19.4 Å². The van der Waals surface area contributed by atoms with Gasteiger partial charge in [-0.15, -0.1) is 0 Å². The number of amides is 1. The Morgan fingerprint density at radius 1 is 1.10 bits per heavy atom. The van der Waals surface area contributed by atoms with Crippen LogP contribution in [0.2, 0.25) is 0 Å². The highest BCUT2D eigenvalue weighted by molar-refractivity contribution is 6.47. The second kappa shape index (κ2) is 10.4. The summed E-state index contributed by atoms with van der Waals surface area (Å²) in [6.45, 7) is 4.43. The summed E-state index contributed by atoms with van der Waals surface area (Å²) < 4.78 is 21.1. The van der Waals surface area contributed by atoms with Gasteiger partial charge in [0.05, 0.1) is 30.7 Å². The van der Waals surface area contributed by atoms with E-state index in [0.717, 1.165) is 23.4 Å². The molecule has 6 rings (SSSR count). The number of pyridine rings is 1. The van der Waals surface area contributed by atoms with Crippen molar-refractivity contribution < 1.29 is 18.7 Å². The van der Waals surface area contributed by atoms with Gasteiger partial charge in [0.1, 0.15) is 11.4 Å². The molecule has 1 fully saturated rings. The molecule has 1 unspecified atom stereocenters. The third-order valence-corrected chi connectivity index (χ3v) is 7.47. The fourth-order valence-electron chi connectivity index (χ4n) is 5.36. The minimum absolute atomic E-state index is 0.150. The number of fused-ring (bicyclic) bond motifs is 3. The van der Waals surface area contributed by atoms with Crippen LogP contribution in [0, 0.1) is 12.7 Å². The average Bonchev–Trinajstić information content (AvgIpc) is 3.15. The third-order valence-electron chi connectivity index (χ3n) is 7.47. The summed E-state index contributed by atoms with van der Waals surface area (Å²) in [5, 5.41) is 2.76. The molecule has 1 N–H and O–H groups in total. The molecule has 1 amide bonds. The summed E-state index contributed by atoms with van der Waals surface area (Å²) in [6.07, 6.45) is 6.47. The van der Waals surface area contributed by atoms with Gasteiger partial charge >= 0.3 is 0 Å². The van der Waals surface area contributed by atoms with E-state index in [0.29, 0.717) is 54.9 Å². The summed E-state index contributed by atoms with van der Waals surface area (Å²) >= 11 is 0. The van der Waals surface area contributed by atoms with Crippen molar-refractivity contribution in [2.75, 3.05) is 41.4 Å². The molecule has 2 aliphatic heterocycles. The maximum absolute atomic E-state index is 13.3. The van der Waals surface area contributed by atoms with Crippen LogP contribution in [0.15, 0.2) is 61.2 Å². The van der Waals surface area contributed by atoms with Gasteiger partial charge in [-0.2, -0.15) is 0 Å². The molecule has 1 aromatic carbocycles. The number of halogens is 1. The first-order valence-corrected chi connectivity index (χ1v) is 13.1. The highest BCUT2D eigenvalue weighted by Crippen LogP contribution is 2.37. The first-order valence-electron chi connectivity index (χ1n) is 13.1. The highest BCUT2D eigenvalue weighted by Gasteiger charge is 2.32. The zero-order chi connectivity index (χ0) is 27.8. The van der Waals surface area contributed by atoms with E-state index in [9.17, 15) is 14.0 Å². The number of nitrogens with one attached hydrogen (secondary N) is 1. The number of ether oxygens (including phenoxy) is 1. The number of anilines is 3. The predicted molar refractivity (Wildman–Crippen MR) is 148 cm³/mol. The van der Waals surface area contributed by atoms with E-state index in [-0.39, 0.29) is 6.04 Å². The number of Topliss-reactive ketones (excluding diaryl/α,β-unsaturated/α-hetero) is 1. The molecule has 0 saturated carbocycles. The van der Waals surface area contributed by atoms with Gasteiger partial charge in [-0.1, -0.05) is 6.07 Å². The second-order valence-corrected chi connectivity index (χ2v) is 9.95. The molecule has 5 heterocycles. The molecule has 3 aromatic heterocycles. The van der Waals surface area contributed by atoms with Gasteiger partial charge in [0.25, 0.3) is 11.7 Å². The lowest BCUT2D eigenvalue weighted by molar-refractivity contribution is -0.112. The van der Waals surface area contributed by atoms with Crippen LogP contribution in [0.5, 0.6) is 5.75 Å². The van der Waals surface area contributed by atoms with Gasteiger partial charge < -0.3 is 24.4 Å². The Bertz CT molecular complexity index is 1570. The molecule has 0 spiro atoms. The molecular formula is C29H28FN7O3. The first-order chi connectivity index (χ1) is 19.4. The molecule has 2 aliphatic rings. The van der Waals surface area contributed by atoms with Crippen LogP contribution in [-0.4, -0.2) is 63.5 Å². The van der Waals surface area contributed by atoms with Crippen molar-refractivity contribution in [2.24, 2.45) is 7.05 Å². The molecule has 204 valence electrons. The van der Waals surface area contributed by atoms with E-state index in [2.05, 4.69) is 30.1 Å². The Balaban J connectivity index is 1.19. The average molecular weight is 542 g/mol. The highest BCUT2D eigenvalue weighted by atomic mass is 19.1. The fourth-order valence-corrected chi connectivity index (χ4v) is 5.36. The zero-order valence-corrected chi connectivity index (χ0v) is 22.2. The van der Waals surface area contributed by atoms with Crippen molar-refractivity contribution in [1.29, 1.82) is 0 Å². The molecule has 0 aliphatic carbocycles. The third kappa shape index (κ3) is 4.74. The summed E-state index contributed by atoms with van der Waals surface area (Å²) in [6, 6.07) is 11.1. The molecular weight excluding hydrogens is 513 g/mol. The first kappa shape index (κ1) is 25.5. The van der Waals surface area contributed by atoms with Crippen LogP contribution in [0.4, 0.5) is 21.7 Å². The quantitative estimate of drug-likeness (QED) is 0.302. The van der Waals surface area contributed by atoms with E-state index < -0.39 is 17.5 Å². The monoisotopic (exact) mass is 541 g/mol. The number of aromatic nitrogens is 4. The lowest BCUT2D eigenvalue weighted by Crippen LogP contribution is -2.53. The number of ketones is 1. The van der Waals surface area contributed by atoms with Crippen molar-refractivity contribution in [3.8, 4) is 16.9 Å². The smallest absolute Gasteiger partial charge is 0.298 e. The maximum atomic E-state index is 13.3. The number of hydrogen-bond acceptors (Lipinski definition) is 8. The molecule has 0 bridgehead atoms. The predicted octanol–water partition coefficient (Wildman–Crippen LogP) is 3.62. The van der Waals surface area contributed by atoms with Gasteiger partial charge in [0, 0.05) is 74.1 Å². The minimum Gasteiger partial charge on any atom is -0.491 e. The molecule has 1 atom stereocenters. The van der Waals surface area contributed by atoms with Gasteiger partial charge in [0.2, 0.25) is 5.95 Å². The molecule has 10 nitrogen and oxygen atoms in total. The van der Waals surface area contributed by atoms with Crippen molar-refractivity contribution in [3.63, 3.8) is 0 Å². The van der Waals surface area contributed by atoms with Gasteiger partial charge in [-0.3, -0.25) is 14.6 Å². The minimum atomic E-state index is -0.731. The number of carbonyl (C=O) groups is 2. The van der Waals surface area contributed by atoms with Gasteiger partial charge in [-0.05, 0) is 31.2 Å². The molecule has 4 aromatic rings. The number of nitrogens with zero attached hydrogens (tertiary/aromatic N) is 6. The number of hydrogen-bond donors (Lipinski definition) is 1. The summed E-state index contributed by atoms with van der Waals surface area (Å²) in [5.74, 6) is -0.675. The Morgan fingerprint density at radius 2 is 1.93 bits per heavy atom. The van der Waals surface area contributed by atoms with Crippen LogP contribution < -0.4 is 19.9 Å². The normalized spacial score (nSPS) is 16.4. The molecule has 11 heteroatoms. The maximum Gasteiger partial charge on any atom is 0.298 e. The van der Waals surface area contributed by atoms with Crippen LogP contribution >= 0.6 is 0 Å². The Labute approximate surface area is 230 Å². The van der Waals surface area contributed by atoms with E-state index >= 15 is 0 Å². The van der Waals surface area contributed by atoms with E-state index in [1.807, 2.05) is 25.1 Å². The van der Waals surface area contributed by atoms with Crippen LogP contribution in [0.1, 0.15) is 22.6 Å². The van der Waals surface area contributed by atoms with Gasteiger partial charge in [-0.25, -0.2) is 14.4 Å². The van der Waals surface area contributed by atoms with E-state index in [1.54, 1.807) is 42.2 Å². The number of benzene rings is 1. The van der Waals surface area contributed by atoms with Crippen LogP contribution in [0.25, 0.3) is 11.1 Å². The lowest BCUT2D eigenvalue weighted by Gasteiger charge is -2.41. The topological polar surface area (TPSA) is 105 Å². The summed E-state index contributed by atoms with van der Waals surface area (Å²) in [4.78, 5) is 43.2. The van der Waals surface area contributed by atoms with E-state index in [1.165, 1.54) is 12.4 Å². The van der Waals surface area contributed by atoms with Crippen LogP contribution in [-0.2, 0) is 11.8 Å². The zero-order valence-electron chi connectivity index (χ0n) is 22.2. The number of rotatable bonds is 5. The lowest BCUT2D eigenvalue weighted by atomic mass is 10.1. The SMILES string of the molecule is Cc1cc(-c2cccnc2)c(C(=O)C(=O)Nc2ccc3c(c2)OCCC2CN(c4ncc(F)cn4)CCN32)n1C. The van der Waals surface area contributed by atoms with Gasteiger partial charge in [0.15, 0.2) is 5.82 Å². The molecule has 0 radical (unpaired) electrons. The number of piperazine rings is 1. The summed E-state index contributed by atoms with van der Waals surface area (Å²) in [5.41, 5.74) is 3.98. The Hall–Kier alpha value is -4.80. The van der Waals surface area contributed by atoms with Crippen LogP contribution in [0.3, 0.4) is 0 Å². The van der Waals surface area contributed by atoms with Crippen molar-refractivity contribution in [1.82, 2.24) is 19.5 Å². The Morgan fingerprint density at radius 3 is 2.70 bits per heavy atom. The van der Waals surface area contributed by atoms with E-state index in [4.69, 9.17) is 4.74 Å². The standard InChI is InChI=1S/C29H28FN7O3/c1-18-12-23(19-4-3-8-31-14-19)26(35(18)2)27(38)28(39)34-21-5-6-24-25(13-21)40-11-7-22-17-36(9-10-37(22)24)29-32-15-20(30)16-33-29/h3-6,8,12-16,22H,7,9-11,17H2,1-2H3,(H,34,39). The summed E-state index contributed by atoms with van der Waals surface area (Å²) in [7, 11) is 1.77. The van der Waals surface area contributed by atoms with Crippen molar-refractivity contribution >= 4 is 29.0 Å². The molecule has 1 saturated heterocycles. The number of carbonyl (C=O) groups excluding carboxylic acids is 2. The number of aryl methyl sites for hydroxylation is 1. The largest absolute Gasteiger partial charge is 0.491 e. The molecule has 40 heavy (non-hydrogen) atoms. The fraction of sp³-hybridized carbons (Fsp3) is 0.276. The van der Waals surface area contributed by atoms with Crippen molar-refractivity contribution in [3.05, 3.63) is 78.4 Å².